The van der Waals surface area contributed by atoms with Crippen molar-refractivity contribution in [3.63, 3.8) is 0 Å². The van der Waals surface area contributed by atoms with Crippen molar-refractivity contribution in [1.29, 1.82) is 0 Å². The lowest BCUT2D eigenvalue weighted by atomic mass is 9.85. The minimum atomic E-state index is -1.17. The maximum Gasteiger partial charge on any atom is 0.405 e. The van der Waals surface area contributed by atoms with Crippen molar-refractivity contribution >= 4 is 44.4 Å². The van der Waals surface area contributed by atoms with Gasteiger partial charge in [-0.25, -0.2) is 9.78 Å². The number of aromatic nitrogens is 1. The number of methoxy groups -OCH3 is 1. The van der Waals surface area contributed by atoms with Gasteiger partial charge in [0.1, 0.15) is 10.7 Å². The molecule has 1 aromatic rings. The summed E-state index contributed by atoms with van der Waals surface area (Å²) in [6.07, 6.45) is -2.87. The standard InChI is InChI=1S/C12H18BrN3O4S/c1-12(2,3)8(19-4)7(20-10(14)18)9(17)16-11-15-6(13)5-21-11/h5,7-8H,1-4H3,(H2,14,18)(H,15,16,17). The van der Waals surface area contributed by atoms with Crippen molar-refractivity contribution in [2.75, 3.05) is 12.4 Å². The number of thiazole rings is 1. The van der Waals surface area contributed by atoms with Gasteiger partial charge in [-0.2, -0.15) is 0 Å². The van der Waals surface area contributed by atoms with Gasteiger partial charge in [-0.05, 0) is 21.3 Å². The van der Waals surface area contributed by atoms with E-state index in [1.165, 1.54) is 18.4 Å². The summed E-state index contributed by atoms with van der Waals surface area (Å²) < 4.78 is 10.9. The average molecular weight is 380 g/mol. The van der Waals surface area contributed by atoms with Crippen molar-refractivity contribution in [2.45, 2.75) is 33.0 Å². The highest BCUT2D eigenvalue weighted by Gasteiger charge is 2.39. The third-order valence-electron chi connectivity index (χ3n) is 2.59. The van der Waals surface area contributed by atoms with Gasteiger partial charge in [-0.1, -0.05) is 20.8 Å². The lowest BCUT2D eigenvalue weighted by molar-refractivity contribution is -0.138. The van der Waals surface area contributed by atoms with Crippen LogP contribution in [0.3, 0.4) is 0 Å². The normalized spacial score (nSPS) is 14.3. The second kappa shape index (κ2) is 7.19. The average Bonchev–Trinajstić information content (AvgIpc) is 2.72. The molecule has 0 aliphatic rings. The molecule has 2 atom stereocenters. The van der Waals surface area contributed by atoms with Gasteiger partial charge in [-0.3, -0.25) is 10.1 Å². The van der Waals surface area contributed by atoms with Gasteiger partial charge >= 0.3 is 6.09 Å². The number of amides is 2. The van der Waals surface area contributed by atoms with Gasteiger partial charge in [0.15, 0.2) is 5.13 Å². The summed E-state index contributed by atoms with van der Waals surface area (Å²) in [5, 5.41) is 4.68. The molecule has 0 aliphatic carbocycles. The topological polar surface area (TPSA) is 104 Å². The lowest BCUT2D eigenvalue weighted by Gasteiger charge is -2.33. The number of primary amides is 1. The van der Waals surface area contributed by atoms with Crippen molar-refractivity contribution in [1.82, 2.24) is 4.98 Å². The molecule has 2 unspecified atom stereocenters. The third kappa shape index (κ3) is 5.25. The number of anilines is 1. The number of halogens is 1. The molecule has 0 aliphatic heterocycles. The molecule has 0 aromatic carbocycles. The van der Waals surface area contributed by atoms with E-state index >= 15 is 0 Å². The fourth-order valence-electron chi connectivity index (χ4n) is 1.80. The van der Waals surface area contributed by atoms with E-state index in [2.05, 4.69) is 26.2 Å². The van der Waals surface area contributed by atoms with Gasteiger partial charge in [0, 0.05) is 12.5 Å². The van der Waals surface area contributed by atoms with E-state index < -0.39 is 29.6 Å². The summed E-state index contributed by atoms with van der Waals surface area (Å²) >= 11 is 4.43. The zero-order valence-electron chi connectivity index (χ0n) is 12.2. The van der Waals surface area contributed by atoms with E-state index in [1.54, 1.807) is 5.38 Å². The van der Waals surface area contributed by atoms with Crippen LogP contribution in [0.4, 0.5) is 9.93 Å². The van der Waals surface area contributed by atoms with E-state index in [0.29, 0.717) is 9.73 Å². The molecule has 1 heterocycles. The first-order valence-corrected chi connectivity index (χ1v) is 7.73. The van der Waals surface area contributed by atoms with Gasteiger partial charge in [0.05, 0.1) is 0 Å². The van der Waals surface area contributed by atoms with E-state index in [9.17, 15) is 9.59 Å². The number of hydrogen-bond acceptors (Lipinski definition) is 6. The number of nitrogens with zero attached hydrogens (tertiary/aromatic N) is 1. The Kier molecular flexibility index (Phi) is 6.11. The number of rotatable bonds is 5. The van der Waals surface area contributed by atoms with Crippen LogP contribution in [0.25, 0.3) is 0 Å². The van der Waals surface area contributed by atoms with Crippen molar-refractivity contribution in [3.8, 4) is 0 Å². The fraction of sp³-hybridized carbons (Fsp3) is 0.583. The number of nitrogens with one attached hydrogen (secondary N) is 1. The van der Waals surface area contributed by atoms with Crippen LogP contribution >= 0.6 is 27.3 Å². The quantitative estimate of drug-likeness (QED) is 0.816. The Labute approximate surface area is 135 Å². The second-order valence-electron chi connectivity index (χ2n) is 5.34. The monoisotopic (exact) mass is 379 g/mol. The molecular formula is C12H18BrN3O4S. The maximum absolute atomic E-state index is 12.3. The van der Waals surface area contributed by atoms with Crippen LogP contribution in [-0.2, 0) is 14.3 Å². The third-order valence-corrected chi connectivity index (χ3v) is 4.06. The molecule has 0 saturated carbocycles. The van der Waals surface area contributed by atoms with E-state index in [0.717, 1.165) is 0 Å². The molecule has 0 saturated heterocycles. The van der Waals surface area contributed by atoms with Crippen LogP contribution < -0.4 is 11.1 Å². The SMILES string of the molecule is COC(C(OC(N)=O)C(=O)Nc1nc(Br)cs1)C(C)(C)C. The number of hydrogen-bond donors (Lipinski definition) is 2. The smallest absolute Gasteiger partial charge is 0.405 e. The molecule has 118 valence electrons. The van der Waals surface area contributed by atoms with Crippen LogP contribution in [0.15, 0.2) is 9.98 Å². The molecule has 7 nitrogen and oxygen atoms in total. The Bertz CT molecular complexity index is 515. The van der Waals surface area contributed by atoms with Gasteiger partial charge in [0.25, 0.3) is 5.91 Å². The first-order chi connectivity index (χ1) is 9.65. The summed E-state index contributed by atoms with van der Waals surface area (Å²) in [6.45, 7) is 5.60. The zero-order valence-corrected chi connectivity index (χ0v) is 14.6. The molecule has 1 rings (SSSR count). The zero-order chi connectivity index (χ0) is 16.2. The first-order valence-electron chi connectivity index (χ1n) is 6.06. The van der Waals surface area contributed by atoms with Crippen LogP contribution in [0.1, 0.15) is 20.8 Å². The molecule has 1 aromatic heterocycles. The minimum absolute atomic E-state index is 0.383. The van der Waals surface area contributed by atoms with Crippen LogP contribution in [-0.4, -0.2) is 36.3 Å². The highest BCUT2D eigenvalue weighted by molar-refractivity contribution is 9.10. The fourth-order valence-corrected chi connectivity index (χ4v) is 2.94. The van der Waals surface area contributed by atoms with Crippen molar-refractivity contribution in [3.05, 3.63) is 9.98 Å². The predicted octanol–water partition coefficient (Wildman–Crippen LogP) is 2.37. The van der Waals surface area contributed by atoms with Crippen molar-refractivity contribution < 1.29 is 19.1 Å². The van der Waals surface area contributed by atoms with Gasteiger partial charge in [-0.15, -0.1) is 11.3 Å². The van der Waals surface area contributed by atoms with E-state index in [1.807, 2.05) is 20.8 Å². The molecule has 0 bridgehead atoms. The highest BCUT2D eigenvalue weighted by atomic mass is 79.9. The summed E-state index contributed by atoms with van der Waals surface area (Å²) in [5.41, 5.74) is 4.61. The Morgan fingerprint density at radius 2 is 2.10 bits per heavy atom. The molecule has 0 fully saturated rings. The van der Waals surface area contributed by atoms with E-state index in [4.69, 9.17) is 15.2 Å². The number of carbonyl (C=O) groups excluding carboxylic acids is 2. The molecule has 2 amide bonds. The lowest BCUT2D eigenvalue weighted by Crippen LogP contribution is -2.49. The van der Waals surface area contributed by atoms with E-state index in [-0.39, 0.29) is 0 Å². The highest BCUT2D eigenvalue weighted by Crippen LogP contribution is 2.27. The minimum Gasteiger partial charge on any atom is -0.433 e. The molecule has 0 spiro atoms. The summed E-state index contributed by atoms with van der Waals surface area (Å²) in [7, 11) is 1.44. The van der Waals surface area contributed by atoms with Gasteiger partial charge < -0.3 is 15.2 Å². The van der Waals surface area contributed by atoms with Crippen LogP contribution in [0.2, 0.25) is 0 Å². The van der Waals surface area contributed by atoms with Gasteiger partial charge in [0.2, 0.25) is 6.10 Å². The Morgan fingerprint density at radius 1 is 1.48 bits per heavy atom. The maximum atomic E-state index is 12.3. The number of ether oxygens (including phenoxy) is 2. The first kappa shape index (κ1) is 17.9. The Morgan fingerprint density at radius 3 is 2.48 bits per heavy atom. The molecule has 0 radical (unpaired) electrons. The van der Waals surface area contributed by atoms with Crippen LogP contribution in [0.5, 0.6) is 0 Å². The summed E-state index contributed by atoms with van der Waals surface area (Å²) in [6, 6.07) is 0. The van der Waals surface area contributed by atoms with Crippen molar-refractivity contribution in [2.24, 2.45) is 11.1 Å². The number of carbonyl (C=O) groups is 2. The summed E-state index contributed by atoms with van der Waals surface area (Å²) in [5.74, 6) is -0.544. The Hall–Kier alpha value is -1.19. The predicted molar refractivity (Wildman–Crippen MR) is 83.2 cm³/mol. The summed E-state index contributed by atoms with van der Waals surface area (Å²) in [4.78, 5) is 27.4. The molecule has 9 heteroatoms. The molecule has 3 N–H and O–H groups in total. The molecule has 21 heavy (non-hydrogen) atoms. The second-order valence-corrected chi connectivity index (χ2v) is 7.02. The largest absolute Gasteiger partial charge is 0.433 e. The number of nitrogens with two attached hydrogens (primary N) is 1. The Balaban J connectivity index is 2.95. The van der Waals surface area contributed by atoms with Crippen LogP contribution in [0, 0.1) is 5.41 Å². The molecular weight excluding hydrogens is 362 g/mol.